The minimum atomic E-state index is -3.82. The van der Waals surface area contributed by atoms with Crippen molar-refractivity contribution >= 4 is 32.9 Å². The first kappa shape index (κ1) is 20.0. The van der Waals surface area contributed by atoms with Crippen LogP contribution in [0.1, 0.15) is 0 Å². The van der Waals surface area contributed by atoms with Gasteiger partial charge in [-0.1, -0.05) is 0 Å². The van der Waals surface area contributed by atoms with Gasteiger partial charge in [0.1, 0.15) is 11.5 Å². The molecule has 11 heteroatoms. The van der Waals surface area contributed by atoms with Crippen molar-refractivity contribution in [3.8, 4) is 0 Å². The molecule has 28 heavy (non-hydrogen) atoms. The molecular weight excluding hydrogens is 386 g/mol. The largest absolute Gasteiger partial charge is 0.379 e. The Labute approximate surface area is 162 Å². The lowest BCUT2D eigenvalue weighted by Crippen LogP contribution is -2.40. The number of morpholine rings is 1. The summed E-state index contributed by atoms with van der Waals surface area (Å²) in [5.41, 5.74) is 0.411. The van der Waals surface area contributed by atoms with Crippen molar-refractivity contribution in [2.75, 3.05) is 50.6 Å². The van der Waals surface area contributed by atoms with Crippen molar-refractivity contribution in [2.45, 2.75) is 4.90 Å². The van der Waals surface area contributed by atoms with Crippen molar-refractivity contribution in [1.82, 2.24) is 9.29 Å². The number of aromatic nitrogens is 1. The summed E-state index contributed by atoms with van der Waals surface area (Å²) < 4.78 is 31.9. The number of hydrogen-bond donors (Lipinski definition) is 1. The summed E-state index contributed by atoms with van der Waals surface area (Å²) in [6.45, 7) is 1.05. The predicted molar refractivity (Wildman–Crippen MR) is 105 cm³/mol. The second kappa shape index (κ2) is 8.09. The molecule has 10 nitrogen and oxygen atoms in total. The Morgan fingerprint density at radius 2 is 1.93 bits per heavy atom. The van der Waals surface area contributed by atoms with Crippen molar-refractivity contribution in [3.05, 3.63) is 46.6 Å². The van der Waals surface area contributed by atoms with E-state index in [0.717, 1.165) is 11.9 Å². The zero-order valence-electron chi connectivity index (χ0n) is 15.5. The van der Waals surface area contributed by atoms with Crippen molar-refractivity contribution < 1.29 is 18.1 Å². The van der Waals surface area contributed by atoms with Gasteiger partial charge in [-0.25, -0.2) is 13.4 Å². The highest BCUT2D eigenvalue weighted by Gasteiger charge is 2.28. The minimum absolute atomic E-state index is 0.118. The van der Waals surface area contributed by atoms with Crippen LogP contribution in [0.5, 0.6) is 0 Å². The average Bonchev–Trinajstić information content (AvgIpc) is 2.69. The topological polar surface area (TPSA) is 118 Å². The SMILES string of the molecule is CN(C)c1ccc(Nc2ccc(S(=O)(=O)N3CCOCC3)cc2[N+](=O)[O-])cn1. The quantitative estimate of drug-likeness (QED) is 0.569. The van der Waals surface area contributed by atoms with E-state index in [4.69, 9.17) is 4.74 Å². The maximum Gasteiger partial charge on any atom is 0.294 e. The first-order valence-electron chi connectivity index (χ1n) is 8.56. The molecule has 1 saturated heterocycles. The van der Waals surface area contributed by atoms with Crippen LogP contribution in [-0.2, 0) is 14.8 Å². The second-order valence-corrected chi connectivity index (χ2v) is 8.31. The molecule has 0 spiro atoms. The summed E-state index contributed by atoms with van der Waals surface area (Å²) in [4.78, 5) is 16.9. The predicted octanol–water partition coefficient (Wildman–Crippen LogP) is 1.82. The normalized spacial score (nSPS) is 15.2. The summed E-state index contributed by atoms with van der Waals surface area (Å²) in [6.07, 6.45) is 1.55. The van der Waals surface area contributed by atoms with Crippen LogP contribution < -0.4 is 10.2 Å². The fourth-order valence-electron chi connectivity index (χ4n) is 2.74. The Bertz CT molecular complexity index is 956. The molecule has 2 aromatic rings. The summed E-state index contributed by atoms with van der Waals surface area (Å²) in [6, 6.07) is 7.34. The molecule has 150 valence electrons. The van der Waals surface area contributed by atoms with Crippen LogP contribution in [0.25, 0.3) is 0 Å². The Morgan fingerprint density at radius 1 is 1.21 bits per heavy atom. The van der Waals surface area contributed by atoms with Gasteiger partial charge < -0.3 is 15.0 Å². The zero-order valence-corrected chi connectivity index (χ0v) is 16.3. The molecule has 1 aliphatic heterocycles. The molecule has 0 atom stereocenters. The van der Waals surface area contributed by atoms with Gasteiger partial charge in [0.15, 0.2) is 0 Å². The van der Waals surface area contributed by atoms with Crippen molar-refractivity contribution in [2.24, 2.45) is 0 Å². The zero-order chi connectivity index (χ0) is 20.3. The van der Waals surface area contributed by atoms with Gasteiger partial charge in [-0.05, 0) is 24.3 Å². The number of sulfonamides is 1. The van der Waals surface area contributed by atoms with Crippen LogP contribution in [-0.4, -0.2) is 63.0 Å². The first-order valence-corrected chi connectivity index (χ1v) is 10.00. The summed E-state index contributed by atoms with van der Waals surface area (Å²) in [7, 11) is -0.109. The number of anilines is 3. The third-order valence-corrected chi connectivity index (χ3v) is 6.15. The molecule has 0 unspecified atom stereocenters. The van der Waals surface area contributed by atoms with E-state index in [9.17, 15) is 18.5 Å². The number of nitrogens with one attached hydrogen (secondary N) is 1. The Balaban J connectivity index is 1.90. The Kier molecular flexibility index (Phi) is 5.77. The molecule has 0 aliphatic carbocycles. The highest BCUT2D eigenvalue weighted by molar-refractivity contribution is 7.89. The van der Waals surface area contributed by atoms with Gasteiger partial charge >= 0.3 is 0 Å². The van der Waals surface area contributed by atoms with E-state index in [1.165, 1.54) is 16.4 Å². The third-order valence-electron chi connectivity index (χ3n) is 4.26. The monoisotopic (exact) mass is 407 g/mol. The van der Waals surface area contributed by atoms with E-state index in [0.29, 0.717) is 18.9 Å². The van der Waals surface area contributed by atoms with Crippen LogP contribution in [0, 0.1) is 10.1 Å². The van der Waals surface area contributed by atoms with Crippen LogP contribution >= 0.6 is 0 Å². The summed E-state index contributed by atoms with van der Waals surface area (Å²) in [5, 5.41) is 14.5. The highest BCUT2D eigenvalue weighted by Crippen LogP contribution is 2.31. The van der Waals surface area contributed by atoms with Crippen LogP contribution in [0.4, 0.5) is 22.9 Å². The van der Waals surface area contributed by atoms with E-state index < -0.39 is 14.9 Å². The lowest BCUT2D eigenvalue weighted by atomic mass is 10.2. The molecule has 1 aromatic carbocycles. The van der Waals surface area contributed by atoms with Gasteiger partial charge in [-0.2, -0.15) is 4.31 Å². The lowest BCUT2D eigenvalue weighted by Gasteiger charge is -2.26. The maximum absolute atomic E-state index is 12.7. The van der Waals surface area contributed by atoms with E-state index in [1.54, 1.807) is 18.3 Å². The first-order chi connectivity index (χ1) is 13.3. The smallest absolute Gasteiger partial charge is 0.294 e. The minimum Gasteiger partial charge on any atom is -0.379 e. The van der Waals surface area contributed by atoms with Crippen LogP contribution in [0.3, 0.4) is 0 Å². The number of nitro groups is 1. The highest BCUT2D eigenvalue weighted by atomic mass is 32.2. The fourth-order valence-corrected chi connectivity index (χ4v) is 4.17. The van der Waals surface area contributed by atoms with Gasteiger partial charge in [0.25, 0.3) is 5.69 Å². The van der Waals surface area contributed by atoms with E-state index in [2.05, 4.69) is 10.3 Å². The number of nitrogens with zero attached hydrogens (tertiary/aromatic N) is 4. The van der Waals surface area contributed by atoms with Crippen molar-refractivity contribution in [1.29, 1.82) is 0 Å². The summed E-state index contributed by atoms with van der Waals surface area (Å²) >= 11 is 0. The van der Waals surface area contributed by atoms with Crippen molar-refractivity contribution in [3.63, 3.8) is 0 Å². The van der Waals surface area contributed by atoms with Gasteiger partial charge in [0.2, 0.25) is 10.0 Å². The molecule has 2 heterocycles. The fraction of sp³-hybridized carbons (Fsp3) is 0.353. The van der Waals surface area contributed by atoms with Gasteiger partial charge in [0, 0.05) is 33.3 Å². The van der Waals surface area contributed by atoms with Crippen LogP contribution in [0.15, 0.2) is 41.4 Å². The van der Waals surface area contributed by atoms with Crippen LogP contribution in [0.2, 0.25) is 0 Å². The average molecular weight is 407 g/mol. The van der Waals surface area contributed by atoms with Gasteiger partial charge in [-0.3, -0.25) is 10.1 Å². The summed E-state index contributed by atoms with van der Waals surface area (Å²) in [5.74, 6) is 0.743. The molecule has 1 N–H and O–H groups in total. The van der Waals surface area contributed by atoms with Gasteiger partial charge in [0.05, 0.1) is 34.9 Å². The molecule has 0 saturated carbocycles. The third kappa shape index (κ3) is 4.21. The number of nitro benzene ring substituents is 1. The molecule has 3 rings (SSSR count). The molecule has 1 aliphatic rings. The number of rotatable bonds is 6. The van der Waals surface area contributed by atoms with Gasteiger partial charge in [-0.15, -0.1) is 0 Å². The standard InChI is InChI=1S/C17H21N5O5S/c1-20(2)17-6-3-13(12-18-17)19-15-5-4-14(11-16(15)22(23)24)28(25,26)21-7-9-27-10-8-21/h3-6,11-12,19H,7-10H2,1-2H3. The molecule has 0 amide bonds. The molecular formula is C17H21N5O5S. The maximum atomic E-state index is 12.7. The molecule has 0 radical (unpaired) electrons. The molecule has 0 bridgehead atoms. The molecule has 1 aromatic heterocycles. The second-order valence-electron chi connectivity index (χ2n) is 6.38. The Hall–Kier alpha value is -2.76. The molecule has 1 fully saturated rings. The Morgan fingerprint density at radius 3 is 2.50 bits per heavy atom. The van der Waals surface area contributed by atoms with E-state index in [-0.39, 0.29) is 29.4 Å². The number of ether oxygens (including phenoxy) is 1. The lowest BCUT2D eigenvalue weighted by molar-refractivity contribution is -0.384. The van der Waals surface area contributed by atoms with E-state index in [1.807, 2.05) is 19.0 Å². The number of pyridine rings is 1. The number of benzene rings is 1. The number of hydrogen-bond acceptors (Lipinski definition) is 8. The van der Waals surface area contributed by atoms with E-state index >= 15 is 0 Å².